The molecule has 1 fully saturated rings. The van der Waals surface area contributed by atoms with Crippen LogP contribution in [-0.4, -0.2) is 37.5 Å². The first-order valence-electron chi connectivity index (χ1n) is 6.26. The van der Waals surface area contributed by atoms with Gasteiger partial charge in [-0.1, -0.05) is 6.07 Å². The summed E-state index contributed by atoms with van der Waals surface area (Å²) in [6.45, 7) is 3.34. The fourth-order valence-electron chi connectivity index (χ4n) is 2.38. The van der Waals surface area contributed by atoms with Crippen LogP contribution < -0.4 is 5.32 Å². The molecule has 1 heterocycles. The van der Waals surface area contributed by atoms with Crippen molar-refractivity contribution >= 4 is 44.3 Å². The minimum Gasteiger partial charge on any atom is -0.314 e. The van der Waals surface area contributed by atoms with Crippen molar-refractivity contribution in [3.05, 3.63) is 32.7 Å². The van der Waals surface area contributed by atoms with E-state index in [-0.39, 0.29) is 24.9 Å². The summed E-state index contributed by atoms with van der Waals surface area (Å²) in [7, 11) is 0. The summed E-state index contributed by atoms with van der Waals surface area (Å²) >= 11 is 6.85. The molecule has 114 valence electrons. The second kappa shape index (κ2) is 8.63. The van der Waals surface area contributed by atoms with E-state index in [0.717, 1.165) is 40.7 Å². The Morgan fingerprint density at radius 2 is 1.80 bits per heavy atom. The molecule has 1 aliphatic heterocycles. The maximum absolute atomic E-state index is 12.8. The molecule has 0 bridgehead atoms. The molecule has 1 aromatic carbocycles. The van der Waals surface area contributed by atoms with Gasteiger partial charge in [-0.25, -0.2) is 8.78 Å². The van der Waals surface area contributed by atoms with Crippen LogP contribution in [0.3, 0.4) is 0 Å². The largest absolute Gasteiger partial charge is 0.314 e. The molecule has 1 N–H and O–H groups in total. The predicted molar refractivity (Wildman–Crippen MR) is 86.9 cm³/mol. The SMILES string of the molecule is Cl.FC(F)C[C@H](c1ccc(Br)c(Br)c1)N1CCNCC1. The van der Waals surface area contributed by atoms with E-state index in [4.69, 9.17) is 0 Å². The van der Waals surface area contributed by atoms with Gasteiger partial charge in [-0.2, -0.15) is 0 Å². The summed E-state index contributed by atoms with van der Waals surface area (Å²) in [5, 5.41) is 3.25. The van der Waals surface area contributed by atoms with Gasteiger partial charge in [0.15, 0.2) is 0 Å². The Morgan fingerprint density at radius 3 is 2.35 bits per heavy atom. The van der Waals surface area contributed by atoms with Crippen molar-refractivity contribution in [3.8, 4) is 0 Å². The first kappa shape index (κ1) is 18.3. The molecule has 2 nitrogen and oxygen atoms in total. The molecule has 0 spiro atoms. The maximum Gasteiger partial charge on any atom is 0.240 e. The number of rotatable bonds is 4. The van der Waals surface area contributed by atoms with Gasteiger partial charge in [0.25, 0.3) is 0 Å². The Labute approximate surface area is 141 Å². The average molecular weight is 435 g/mol. The summed E-state index contributed by atoms with van der Waals surface area (Å²) in [6.07, 6.45) is -2.41. The molecule has 2 rings (SSSR count). The van der Waals surface area contributed by atoms with E-state index in [1.807, 2.05) is 18.2 Å². The van der Waals surface area contributed by atoms with Crippen molar-refractivity contribution in [2.45, 2.75) is 18.9 Å². The highest BCUT2D eigenvalue weighted by molar-refractivity contribution is 9.13. The smallest absolute Gasteiger partial charge is 0.240 e. The highest BCUT2D eigenvalue weighted by atomic mass is 79.9. The lowest BCUT2D eigenvalue weighted by Gasteiger charge is -2.35. The monoisotopic (exact) mass is 432 g/mol. The molecule has 7 heteroatoms. The van der Waals surface area contributed by atoms with Crippen molar-refractivity contribution < 1.29 is 8.78 Å². The van der Waals surface area contributed by atoms with Crippen LogP contribution in [0.2, 0.25) is 0 Å². The van der Waals surface area contributed by atoms with Gasteiger partial charge in [-0.15, -0.1) is 12.4 Å². The number of hydrogen-bond donors (Lipinski definition) is 1. The zero-order valence-corrected chi connectivity index (χ0v) is 14.8. The lowest BCUT2D eigenvalue weighted by Crippen LogP contribution is -2.45. The van der Waals surface area contributed by atoms with Crippen LogP contribution in [0.4, 0.5) is 8.78 Å². The summed E-state index contributed by atoms with van der Waals surface area (Å²) in [5.74, 6) is 0. The standard InChI is InChI=1S/C13H16Br2F2N2.ClH/c14-10-2-1-9(7-11(10)15)12(8-13(16)17)19-5-3-18-4-6-19;/h1-2,7,12-13,18H,3-6,8H2;1H/t12-;/m1./s1. The van der Waals surface area contributed by atoms with Crippen molar-refractivity contribution in [3.63, 3.8) is 0 Å². The van der Waals surface area contributed by atoms with E-state index in [9.17, 15) is 8.78 Å². The summed E-state index contributed by atoms with van der Waals surface area (Å²) < 4.78 is 27.5. The van der Waals surface area contributed by atoms with Crippen LogP contribution in [0, 0.1) is 0 Å². The molecule has 1 aromatic rings. The normalized spacial score (nSPS) is 17.9. The number of piperazine rings is 1. The molecule has 0 radical (unpaired) electrons. The zero-order valence-electron chi connectivity index (χ0n) is 10.8. The predicted octanol–water partition coefficient (Wildman–Crippen LogP) is 4.23. The van der Waals surface area contributed by atoms with Gasteiger partial charge in [0, 0.05) is 47.6 Å². The molecule has 1 atom stereocenters. The highest BCUT2D eigenvalue weighted by Gasteiger charge is 2.25. The molecule has 20 heavy (non-hydrogen) atoms. The number of nitrogens with zero attached hydrogens (tertiary/aromatic N) is 1. The summed E-state index contributed by atoms with van der Waals surface area (Å²) in [5.41, 5.74) is 0.942. The van der Waals surface area contributed by atoms with Crippen molar-refractivity contribution in [2.75, 3.05) is 26.2 Å². The van der Waals surface area contributed by atoms with E-state index < -0.39 is 6.43 Å². The van der Waals surface area contributed by atoms with Crippen molar-refractivity contribution in [1.29, 1.82) is 0 Å². The van der Waals surface area contributed by atoms with Crippen LogP contribution in [0.1, 0.15) is 18.0 Å². The van der Waals surface area contributed by atoms with Crippen molar-refractivity contribution in [1.82, 2.24) is 10.2 Å². The third kappa shape index (κ3) is 4.91. The first-order valence-corrected chi connectivity index (χ1v) is 7.84. The van der Waals surface area contributed by atoms with Crippen LogP contribution in [0.25, 0.3) is 0 Å². The zero-order chi connectivity index (χ0) is 13.8. The molecular formula is C13H17Br2ClF2N2. The fraction of sp³-hybridized carbons (Fsp3) is 0.538. The van der Waals surface area contributed by atoms with Gasteiger partial charge in [-0.05, 0) is 49.6 Å². The van der Waals surface area contributed by atoms with Gasteiger partial charge in [-0.3, -0.25) is 4.90 Å². The minimum absolute atomic E-state index is 0. The van der Waals surface area contributed by atoms with Crippen LogP contribution in [0.15, 0.2) is 27.1 Å². The Hall–Kier alpha value is 0.250. The highest BCUT2D eigenvalue weighted by Crippen LogP contribution is 2.32. The number of hydrogen-bond acceptors (Lipinski definition) is 2. The molecular weight excluding hydrogens is 417 g/mol. The Balaban J connectivity index is 0.00000200. The lowest BCUT2D eigenvalue weighted by atomic mass is 10.0. The van der Waals surface area contributed by atoms with Crippen LogP contribution in [-0.2, 0) is 0 Å². The Kier molecular flexibility index (Phi) is 7.90. The number of halogens is 5. The van der Waals surface area contributed by atoms with Gasteiger partial charge in [0.05, 0.1) is 0 Å². The third-order valence-corrected chi connectivity index (χ3v) is 5.20. The van der Waals surface area contributed by atoms with E-state index in [0.29, 0.717) is 0 Å². The number of alkyl halides is 2. The summed E-state index contributed by atoms with van der Waals surface area (Å²) in [6, 6.07) is 5.54. The van der Waals surface area contributed by atoms with E-state index >= 15 is 0 Å². The van der Waals surface area contributed by atoms with E-state index in [1.165, 1.54) is 0 Å². The number of nitrogens with one attached hydrogen (secondary N) is 1. The Morgan fingerprint density at radius 1 is 1.15 bits per heavy atom. The molecule has 1 aliphatic rings. The third-order valence-electron chi connectivity index (χ3n) is 3.32. The maximum atomic E-state index is 12.8. The van der Waals surface area contributed by atoms with E-state index in [2.05, 4.69) is 42.1 Å². The quantitative estimate of drug-likeness (QED) is 0.763. The van der Waals surface area contributed by atoms with Crippen LogP contribution in [0.5, 0.6) is 0 Å². The minimum atomic E-state index is -2.29. The van der Waals surface area contributed by atoms with Gasteiger partial charge < -0.3 is 5.32 Å². The van der Waals surface area contributed by atoms with E-state index in [1.54, 1.807) is 0 Å². The molecule has 0 amide bonds. The van der Waals surface area contributed by atoms with Gasteiger partial charge in [0.1, 0.15) is 0 Å². The van der Waals surface area contributed by atoms with Gasteiger partial charge >= 0.3 is 0 Å². The van der Waals surface area contributed by atoms with Crippen molar-refractivity contribution in [2.24, 2.45) is 0 Å². The molecule has 1 saturated heterocycles. The molecule has 0 aromatic heterocycles. The molecule has 0 aliphatic carbocycles. The molecule has 0 saturated carbocycles. The molecule has 0 unspecified atom stereocenters. The second-order valence-corrected chi connectivity index (χ2v) is 6.31. The second-order valence-electron chi connectivity index (χ2n) is 4.60. The van der Waals surface area contributed by atoms with Gasteiger partial charge in [0.2, 0.25) is 6.43 Å². The Bertz CT molecular complexity index is 429. The lowest BCUT2D eigenvalue weighted by molar-refractivity contribution is 0.0739. The van der Waals surface area contributed by atoms with Crippen LogP contribution >= 0.6 is 44.3 Å². The topological polar surface area (TPSA) is 15.3 Å². The number of benzene rings is 1. The average Bonchev–Trinajstić information content (AvgIpc) is 2.40. The summed E-state index contributed by atoms with van der Waals surface area (Å²) in [4.78, 5) is 2.14. The first-order chi connectivity index (χ1) is 9.08. The fourth-order valence-corrected chi connectivity index (χ4v) is 3.02.